The summed E-state index contributed by atoms with van der Waals surface area (Å²) in [6.45, 7) is 4.30. The third kappa shape index (κ3) is 3.47. The molecule has 1 aromatic rings. The zero-order valence-corrected chi connectivity index (χ0v) is 11.1. The Kier molecular flexibility index (Phi) is 5.25. The third-order valence-corrected chi connectivity index (χ3v) is 3.94. The van der Waals surface area contributed by atoms with Crippen LogP contribution in [-0.2, 0) is 4.79 Å². The minimum absolute atomic E-state index is 0.00870. The molecule has 0 aliphatic heterocycles. The fraction of sp³-hybridized carbons (Fsp3) is 0.545. The van der Waals surface area contributed by atoms with E-state index in [1.165, 1.54) is 11.3 Å². The van der Waals surface area contributed by atoms with Crippen molar-refractivity contribution in [2.75, 3.05) is 6.54 Å². The van der Waals surface area contributed by atoms with Gasteiger partial charge < -0.3 is 11.1 Å². The molecule has 1 aromatic heterocycles. The molecule has 2 unspecified atom stereocenters. The Hall–Kier alpha value is -0.580. The van der Waals surface area contributed by atoms with Gasteiger partial charge in [-0.25, -0.2) is 0 Å². The molecule has 0 spiro atoms. The lowest BCUT2D eigenvalue weighted by Crippen LogP contribution is -2.35. The standard InChI is InChI=1S/C11H17ClN2OS/c1-3-8(6-13)11(15)14-7(2)9-4-5-10(12)16-9/h4-5,7-8H,3,6,13H2,1-2H3,(H,14,15). The number of nitrogens with two attached hydrogens (primary N) is 1. The molecule has 1 heterocycles. The molecule has 5 heteroatoms. The summed E-state index contributed by atoms with van der Waals surface area (Å²) >= 11 is 7.33. The molecular weight excluding hydrogens is 244 g/mol. The summed E-state index contributed by atoms with van der Waals surface area (Å²) in [4.78, 5) is 12.8. The van der Waals surface area contributed by atoms with E-state index in [1.807, 2.05) is 26.0 Å². The molecule has 16 heavy (non-hydrogen) atoms. The van der Waals surface area contributed by atoms with E-state index in [-0.39, 0.29) is 17.9 Å². The van der Waals surface area contributed by atoms with Crippen molar-refractivity contribution in [1.82, 2.24) is 5.32 Å². The van der Waals surface area contributed by atoms with Crippen LogP contribution >= 0.6 is 22.9 Å². The highest BCUT2D eigenvalue weighted by molar-refractivity contribution is 7.16. The maximum Gasteiger partial charge on any atom is 0.224 e. The van der Waals surface area contributed by atoms with Gasteiger partial charge in [-0.1, -0.05) is 18.5 Å². The number of rotatable bonds is 5. The van der Waals surface area contributed by atoms with Crippen LogP contribution in [0.5, 0.6) is 0 Å². The van der Waals surface area contributed by atoms with Crippen LogP contribution < -0.4 is 11.1 Å². The lowest BCUT2D eigenvalue weighted by molar-refractivity contribution is -0.125. The number of halogens is 1. The molecule has 0 saturated heterocycles. The van der Waals surface area contributed by atoms with Gasteiger partial charge >= 0.3 is 0 Å². The van der Waals surface area contributed by atoms with E-state index in [1.54, 1.807) is 0 Å². The predicted octanol–water partition coefficient (Wildman–Crippen LogP) is 2.56. The topological polar surface area (TPSA) is 55.1 Å². The Bertz CT molecular complexity index is 350. The molecule has 0 aliphatic carbocycles. The summed E-state index contributed by atoms with van der Waals surface area (Å²) in [5, 5.41) is 2.94. The van der Waals surface area contributed by atoms with Crippen molar-refractivity contribution in [2.24, 2.45) is 11.7 Å². The van der Waals surface area contributed by atoms with Crippen molar-refractivity contribution in [1.29, 1.82) is 0 Å². The van der Waals surface area contributed by atoms with Gasteiger partial charge in [-0.2, -0.15) is 0 Å². The summed E-state index contributed by atoms with van der Waals surface area (Å²) in [6.07, 6.45) is 0.764. The molecule has 3 nitrogen and oxygen atoms in total. The van der Waals surface area contributed by atoms with Crippen LogP contribution in [-0.4, -0.2) is 12.5 Å². The van der Waals surface area contributed by atoms with Crippen molar-refractivity contribution >= 4 is 28.8 Å². The highest BCUT2D eigenvalue weighted by Crippen LogP contribution is 2.26. The van der Waals surface area contributed by atoms with E-state index in [0.29, 0.717) is 6.54 Å². The van der Waals surface area contributed by atoms with Gasteiger partial charge in [0, 0.05) is 17.3 Å². The van der Waals surface area contributed by atoms with E-state index in [4.69, 9.17) is 17.3 Å². The zero-order valence-electron chi connectivity index (χ0n) is 9.50. The molecule has 2 atom stereocenters. The number of hydrogen-bond acceptors (Lipinski definition) is 3. The number of nitrogens with one attached hydrogen (secondary N) is 1. The first kappa shape index (κ1) is 13.5. The summed E-state index contributed by atoms with van der Waals surface area (Å²) in [5.74, 6) is -0.0834. The first-order chi connectivity index (χ1) is 7.58. The molecule has 0 fully saturated rings. The smallest absolute Gasteiger partial charge is 0.224 e. The van der Waals surface area contributed by atoms with Gasteiger partial charge in [-0.3, -0.25) is 4.79 Å². The Morgan fingerprint density at radius 1 is 1.62 bits per heavy atom. The van der Waals surface area contributed by atoms with E-state index in [9.17, 15) is 4.79 Å². The summed E-state index contributed by atoms with van der Waals surface area (Å²) in [6, 6.07) is 3.76. The van der Waals surface area contributed by atoms with E-state index in [0.717, 1.165) is 15.6 Å². The van der Waals surface area contributed by atoms with E-state index in [2.05, 4.69) is 5.32 Å². The minimum Gasteiger partial charge on any atom is -0.348 e. The SMILES string of the molecule is CCC(CN)C(=O)NC(C)c1ccc(Cl)s1. The van der Waals surface area contributed by atoms with Gasteiger partial charge in [0.25, 0.3) is 0 Å². The van der Waals surface area contributed by atoms with Crippen LogP contribution in [0.1, 0.15) is 31.2 Å². The fourth-order valence-electron chi connectivity index (χ4n) is 1.42. The van der Waals surface area contributed by atoms with Crippen LogP contribution in [0.25, 0.3) is 0 Å². The molecule has 1 amide bonds. The Balaban J connectivity index is 2.57. The molecular formula is C11H17ClN2OS. The third-order valence-electron chi connectivity index (χ3n) is 2.53. The van der Waals surface area contributed by atoms with Gasteiger partial charge in [-0.15, -0.1) is 11.3 Å². The normalized spacial score (nSPS) is 14.5. The van der Waals surface area contributed by atoms with Crippen LogP contribution in [0.3, 0.4) is 0 Å². The average molecular weight is 261 g/mol. The first-order valence-electron chi connectivity index (χ1n) is 5.34. The van der Waals surface area contributed by atoms with Crippen molar-refractivity contribution in [2.45, 2.75) is 26.3 Å². The average Bonchev–Trinajstić information content (AvgIpc) is 2.66. The predicted molar refractivity (Wildman–Crippen MR) is 68.7 cm³/mol. The molecule has 1 rings (SSSR count). The molecule has 0 aliphatic rings. The van der Waals surface area contributed by atoms with Crippen LogP contribution in [0.4, 0.5) is 0 Å². The molecule has 3 N–H and O–H groups in total. The van der Waals surface area contributed by atoms with Gasteiger partial charge in [0.1, 0.15) is 0 Å². The number of hydrogen-bond donors (Lipinski definition) is 2. The molecule has 90 valence electrons. The van der Waals surface area contributed by atoms with Crippen molar-refractivity contribution in [3.63, 3.8) is 0 Å². The maximum absolute atomic E-state index is 11.8. The molecule has 0 radical (unpaired) electrons. The monoisotopic (exact) mass is 260 g/mol. The number of carbonyl (C=O) groups excluding carboxylic acids is 1. The highest BCUT2D eigenvalue weighted by Gasteiger charge is 2.17. The number of carbonyl (C=O) groups is 1. The summed E-state index contributed by atoms with van der Waals surface area (Å²) in [7, 11) is 0. The van der Waals surface area contributed by atoms with Gasteiger partial charge in [0.15, 0.2) is 0 Å². The van der Waals surface area contributed by atoms with Crippen molar-refractivity contribution in [3.05, 3.63) is 21.3 Å². The van der Waals surface area contributed by atoms with E-state index >= 15 is 0 Å². The fourth-order valence-corrected chi connectivity index (χ4v) is 2.49. The number of thiophene rings is 1. The van der Waals surface area contributed by atoms with Crippen LogP contribution in [0.2, 0.25) is 4.34 Å². The zero-order chi connectivity index (χ0) is 12.1. The second kappa shape index (κ2) is 6.23. The number of amides is 1. The quantitative estimate of drug-likeness (QED) is 0.855. The van der Waals surface area contributed by atoms with Gasteiger partial charge in [0.05, 0.1) is 10.4 Å². The van der Waals surface area contributed by atoms with Crippen molar-refractivity contribution in [3.8, 4) is 0 Å². The molecule has 0 saturated carbocycles. The largest absolute Gasteiger partial charge is 0.348 e. The Morgan fingerprint density at radius 3 is 2.75 bits per heavy atom. The van der Waals surface area contributed by atoms with Crippen LogP contribution in [0, 0.1) is 5.92 Å². The Morgan fingerprint density at radius 2 is 2.31 bits per heavy atom. The summed E-state index contributed by atoms with van der Waals surface area (Å²) in [5.41, 5.74) is 5.52. The van der Waals surface area contributed by atoms with Gasteiger partial charge in [0.2, 0.25) is 5.91 Å². The highest BCUT2D eigenvalue weighted by atomic mass is 35.5. The van der Waals surface area contributed by atoms with E-state index < -0.39 is 0 Å². The minimum atomic E-state index is -0.0992. The lowest BCUT2D eigenvalue weighted by Gasteiger charge is -2.17. The van der Waals surface area contributed by atoms with Crippen LogP contribution in [0.15, 0.2) is 12.1 Å². The van der Waals surface area contributed by atoms with Crippen molar-refractivity contribution < 1.29 is 4.79 Å². The molecule has 0 aromatic carbocycles. The molecule has 0 bridgehead atoms. The second-order valence-electron chi connectivity index (χ2n) is 3.71. The lowest BCUT2D eigenvalue weighted by atomic mass is 10.1. The maximum atomic E-state index is 11.8. The second-order valence-corrected chi connectivity index (χ2v) is 5.46. The first-order valence-corrected chi connectivity index (χ1v) is 6.53. The summed E-state index contributed by atoms with van der Waals surface area (Å²) < 4.78 is 0.738. The Labute approximate surface area is 105 Å². The van der Waals surface area contributed by atoms with Gasteiger partial charge in [-0.05, 0) is 25.5 Å².